The van der Waals surface area contributed by atoms with Crippen LogP contribution in [0.5, 0.6) is 0 Å². The Bertz CT molecular complexity index is 497. The molecule has 0 amide bonds. The number of hydrogen-bond acceptors (Lipinski definition) is 4. The molecule has 23 heavy (non-hydrogen) atoms. The van der Waals surface area contributed by atoms with Gasteiger partial charge in [0.05, 0.1) is 12.5 Å². The number of carbonyl (C=O) groups excluding carboxylic acids is 1. The average molecular weight is 321 g/mol. The Kier molecular flexibility index (Phi) is 4.84. The van der Waals surface area contributed by atoms with Gasteiger partial charge >= 0.3 is 5.97 Å². The summed E-state index contributed by atoms with van der Waals surface area (Å²) in [5.74, 6) is 0.204. The molecule has 5 atom stereocenters. The van der Waals surface area contributed by atoms with Gasteiger partial charge in [-0.3, -0.25) is 4.79 Å². The molecule has 3 rings (SSSR count). The number of fused-ring (bicyclic) bond motifs is 2. The van der Waals surface area contributed by atoms with Crippen molar-refractivity contribution >= 4 is 5.97 Å². The van der Waals surface area contributed by atoms with Crippen LogP contribution in [0.25, 0.3) is 0 Å². The lowest BCUT2D eigenvalue weighted by molar-refractivity contribution is -0.145. The van der Waals surface area contributed by atoms with Crippen LogP contribution in [0.1, 0.15) is 59.3 Å². The molecule has 1 heterocycles. The zero-order chi connectivity index (χ0) is 16.6. The number of nitrogens with one attached hydrogen (secondary N) is 1. The second-order valence-corrected chi connectivity index (χ2v) is 8.02. The Balaban J connectivity index is 1.74. The van der Waals surface area contributed by atoms with Crippen LogP contribution < -0.4 is 5.32 Å². The number of esters is 1. The number of carbonyl (C=O) groups is 1. The van der Waals surface area contributed by atoms with E-state index in [1.54, 1.807) is 11.1 Å². The fraction of sp³-hybridized carbons (Fsp3) is 0.842. The molecule has 2 fully saturated rings. The summed E-state index contributed by atoms with van der Waals surface area (Å²) in [6.07, 6.45) is 6.66. The first kappa shape index (κ1) is 17.0. The standard InChI is InChI=1S/C19H31NO3/c1-4-13(11-21)20-10-15-14-8-16-12(2)6-5-7-19(16,3)9-17(14)23-18(15)22/h13-15,17,20-21H,4-11H2,1-3H3. The first-order chi connectivity index (χ1) is 11.0. The highest BCUT2D eigenvalue weighted by Crippen LogP contribution is 2.54. The van der Waals surface area contributed by atoms with Gasteiger partial charge in [-0.25, -0.2) is 0 Å². The zero-order valence-corrected chi connectivity index (χ0v) is 14.7. The Labute approximate surface area is 139 Å². The second-order valence-electron chi connectivity index (χ2n) is 8.02. The quantitative estimate of drug-likeness (QED) is 0.604. The third-order valence-corrected chi connectivity index (χ3v) is 6.52. The Morgan fingerprint density at radius 2 is 2.26 bits per heavy atom. The molecule has 5 unspecified atom stereocenters. The van der Waals surface area contributed by atoms with Crippen molar-refractivity contribution in [3.05, 3.63) is 11.1 Å². The van der Waals surface area contributed by atoms with E-state index in [2.05, 4.69) is 19.2 Å². The van der Waals surface area contributed by atoms with Crippen LogP contribution in [0.15, 0.2) is 11.1 Å². The largest absolute Gasteiger partial charge is 0.462 e. The maximum absolute atomic E-state index is 12.4. The van der Waals surface area contributed by atoms with Crippen molar-refractivity contribution in [1.82, 2.24) is 5.32 Å². The van der Waals surface area contributed by atoms with E-state index in [-0.39, 0.29) is 36.1 Å². The van der Waals surface area contributed by atoms with Crippen LogP contribution in [0, 0.1) is 17.3 Å². The van der Waals surface area contributed by atoms with Gasteiger partial charge in [0.15, 0.2) is 0 Å². The summed E-state index contributed by atoms with van der Waals surface area (Å²) < 4.78 is 5.76. The van der Waals surface area contributed by atoms with Crippen LogP contribution >= 0.6 is 0 Å². The molecule has 2 aliphatic carbocycles. The summed E-state index contributed by atoms with van der Waals surface area (Å²) in [5.41, 5.74) is 3.39. The van der Waals surface area contributed by atoms with E-state index in [4.69, 9.17) is 4.74 Å². The number of aliphatic hydroxyl groups is 1. The van der Waals surface area contributed by atoms with Gasteiger partial charge in [-0.05, 0) is 50.9 Å². The third-order valence-electron chi connectivity index (χ3n) is 6.52. The Morgan fingerprint density at radius 3 is 2.96 bits per heavy atom. The van der Waals surface area contributed by atoms with Gasteiger partial charge < -0.3 is 15.2 Å². The minimum absolute atomic E-state index is 0.0409. The highest BCUT2D eigenvalue weighted by molar-refractivity contribution is 5.76. The van der Waals surface area contributed by atoms with Crippen molar-refractivity contribution in [3.63, 3.8) is 0 Å². The zero-order valence-electron chi connectivity index (χ0n) is 14.7. The molecule has 3 aliphatic rings. The number of aliphatic hydroxyl groups excluding tert-OH is 1. The van der Waals surface area contributed by atoms with Crippen molar-refractivity contribution < 1.29 is 14.6 Å². The molecule has 1 aliphatic heterocycles. The first-order valence-corrected chi connectivity index (χ1v) is 9.22. The normalized spacial score (nSPS) is 38.1. The van der Waals surface area contributed by atoms with Gasteiger partial charge in [0.25, 0.3) is 0 Å². The molecular formula is C19H31NO3. The number of allylic oxidation sites excluding steroid dienone is 2. The van der Waals surface area contributed by atoms with Crippen molar-refractivity contribution in [2.24, 2.45) is 17.3 Å². The number of ether oxygens (including phenoxy) is 1. The van der Waals surface area contributed by atoms with E-state index in [0.717, 1.165) is 19.3 Å². The molecule has 0 aromatic rings. The van der Waals surface area contributed by atoms with Gasteiger partial charge in [-0.15, -0.1) is 0 Å². The van der Waals surface area contributed by atoms with Crippen molar-refractivity contribution in [1.29, 1.82) is 0 Å². The van der Waals surface area contributed by atoms with E-state index in [9.17, 15) is 9.90 Å². The summed E-state index contributed by atoms with van der Waals surface area (Å²) in [7, 11) is 0. The fourth-order valence-electron chi connectivity index (χ4n) is 4.98. The topological polar surface area (TPSA) is 58.6 Å². The van der Waals surface area contributed by atoms with Gasteiger partial charge in [-0.2, -0.15) is 0 Å². The van der Waals surface area contributed by atoms with Gasteiger partial charge in [0.2, 0.25) is 0 Å². The van der Waals surface area contributed by atoms with Crippen molar-refractivity contribution in [3.8, 4) is 0 Å². The predicted molar refractivity (Wildman–Crippen MR) is 89.9 cm³/mol. The van der Waals surface area contributed by atoms with E-state index in [1.165, 1.54) is 19.3 Å². The van der Waals surface area contributed by atoms with Crippen LogP contribution in [0.2, 0.25) is 0 Å². The van der Waals surface area contributed by atoms with Gasteiger partial charge in [-0.1, -0.05) is 25.0 Å². The molecule has 4 heteroatoms. The minimum atomic E-state index is -0.0626. The van der Waals surface area contributed by atoms with Gasteiger partial charge in [0.1, 0.15) is 6.10 Å². The first-order valence-electron chi connectivity index (χ1n) is 9.22. The summed E-state index contributed by atoms with van der Waals surface area (Å²) in [6.45, 7) is 7.43. The van der Waals surface area contributed by atoms with Crippen molar-refractivity contribution in [2.75, 3.05) is 13.2 Å². The van der Waals surface area contributed by atoms with Crippen LogP contribution in [-0.4, -0.2) is 36.4 Å². The summed E-state index contributed by atoms with van der Waals surface area (Å²) in [4.78, 5) is 12.4. The third kappa shape index (κ3) is 3.08. The molecular weight excluding hydrogens is 290 g/mol. The smallest absolute Gasteiger partial charge is 0.310 e. The molecule has 0 aromatic carbocycles. The molecule has 0 spiro atoms. The summed E-state index contributed by atoms with van der Waals surface area (Å²) in [5, 5.41) is 12.7. The highest BCUT2D eigenvalue weighted by atomic mass is 16.6. The lowest BCUT2D eigenvalue weighted by Crippen LogP contribution is -2.42. The van der Waals surface area contributed by atoms with Crippen LogP contribution in [0.4, 0.5) is 0 Å². The maximum atomic E-state index is 12.4. The van der Waals surface area contributed by atoms with Crippen molar-refractivity contribution in [2.45, 2.75) is 71.4 Å². The predicted octanol–water partition coefficient (Wildman–Crippen LogP) is 2.81. The summed E-state index contributed by atoms with van der Waals surface area (Å²) >= 11 is 0. The van der Waals surface area contributed by atoms with E-state index in [0.29, 0.717) is 12.5 Å². The van der Waals surface area contributed by atoms with Crippen LogP contribution in [-0.2, 0) is 9.53 Å². The van der Waals surface area contributed by atoms with Crippen LogP contribution in [0.3, 0.4) is 0 Å². The molecule has 1 saturated carbocycles. The molecule has 4 nitrogen and oxygen atoms in total. The van der Waals surface area contributed by atoms with Gasteiger partial charge in [0, 0.05) is 18.5 Å². The monoisotopic (exact) mass is 321 g/mol. The lowest BCUT2D eigenvalue weighted by Gasteiger charge is -2.45. The number of rotatable bonds is 5. The molecule has 2 N–H and O–H groups in total. The second kappa shape index (κ2) is 6.56. The summed E-state index contributed by atoms with van der Waals surface area (Å²) in [6, 6.07) is 0.0753. The molecule has 0 aromatic heterocycles. The molecule has 130 valence electrons. The highest BCUT2D eigenvalue weighted by Gasteiger charge is 2.52. The fourth-order valence-corrected chi connectivity index (χ4v) is 4.98. The van der Waals surface area contributed by atoms with E-state index in [1.807, 2.05) is 6.92 Å². The molecule has 1 saturated heterocycles. The molecule has 0 bridgehead atoms. The minimum Gasteiger partial charge on any atom is -0.462 e. The maximum Gasteiger partial charge on any atom is 0.310 e. The van der Waals surface area contributed by atoms with E-state index < -0.39 is 0 Å². The SMILES string of the molecule is CCC(CO)NCC1C(=O)OC2CC3(C)CCCC(C)=C3CC21. The molecule has 0 radical (unpaired) electrons. The Hall–Kier alpha value is -0.870. The number of hydrogen-bond donors (Lipinski definition) is 2. The lowest BCUT2D eigenvalue weighted by atomic mass is 9.59. The average Bonchev–Trinajstić information content (AvgIpc) is 2.81. The van der Waals surface area contributed by atoms with E-state index >= 15 is 0 Å². The Morgan fingerprint density at radius 1 is 1.48 bits per heavy atom.